The fourth-order valence-electron chi connectivity index (χ4n) is 4.03. The highest BCUT2D eigenvalue weighted by molar-refractivity contribution is 6.31. The van der Waals surface area contributed by atoms with Crippen molar-refractivity contribution in [3.05, 3.63) is 69.2 Å². The lowest BCUT2D eigenvalue weighted by Crippen LogP contribution is -2.29. The largest absolute Gasteiger partial charge is 0.395 e. The van der Waals surface area contributed by atoms with E-state index in [1.807, 2.05) is 25.1 Å². The predicted octanol–water partition coefficient (Wildman–Crippen LogP) is 5.50. The number of ketones is 1. The Kier molecular flexibility index (Phi) is 8.66. The van der Waals surface area contributed by atoms with Crippen LogP contribution in [0.5, 0.6) is 0 Å². The first-order valence-electron chi connectivity index (χ1n) is 10.8. The second-order valence-electron chi connectivity index (χ2n) is 9.46. The van der Waals surface area contributed by atoms with Crippen LogP contribution < -0.4 is 5.73 Å². The van der Waals surface area contributed by atoms with E-state index in [1.165, 1.54) is 16.7 Å². The number of hydrogen-bond acceptors (Lipinski definition) is 3. The van der Waals surface area contributed by atoms with Crippen LogP contribution in [0.3, 0.4) is 0 Å². The summed E-state index contributed by atoms with van der Waals surface area (Å²) >= 11 is 6.29. The first-order valence-corrected chi connectivity index (χ1v) is 11.2. The van der Waals surface area contributed by atoms with E-state index in [4.69, 9.17) is 17.3 Å². The van der Waals surface area contributed by atoms with Gasteiger partial charge in [-0.3, -0.25) is 4.79 Å². The fraction of sp³-hybridized carbons (Fsp3) is 0.500. The molecule has 2 rings (SSSR count). The number of aliphatic hydroxyl groups is 1. The van der Waals surface area contributed by atoms with Crippen LogP contribution in [0.2, 0.25) is 5.02 Å². The number of rotatable bonds is 9. The van der Waals surface area contributed by atoms with Gasteiger partial charge >= 0.3 is 0 Å². The molecule has 30 heavy (non-hydrogen) atoms. The number of nitrogens with two attached hydrogens (primary N) is 1. The summed E-state index contributed by atoms with van der Waals surface area (Å²) in [4.78, 5) is 12.7. The molecule has 0 saturated carbocycles. The maximum Gasteiger partial charge on any atom is 0.137 e. The number of carbonyl (C=O) groups is 1. The topological polar surface area (TPSA) is 63.3 Å². The van der Waals surface area contributed by atoms with Crippen LogP contribution in [-0.4, -0.2) is 23.5 Å². The first-order chi connectivity index (χ1) is 14.0. The first kappa shape index (κ1) is 24.6. The third-order valence-corrected chi connectivity index (χ3v) is 6.19. The minimum absolute atomic E-state index is 0.0162. The Hall–Kier alpha value is -1.68. The van der Waals surface area contributed by atoms with Gasteiger partial charge in [-0.05, 0) is 65.0 Å². The molecule has 2 atom stereocenters. The van der Waals surface area contributed by atoms with E-state index >= 15 is 0 Å². The van der Waals surface area contributed by atoms with Crippen molar-refractivity contribution in [2.45, 2.75) is 77.7 Å². The van der Waals surface area contributed by atoms with Crippen LogP contribution in [0.4, 0.5) is 0 Å². The molecule has 0 saturated heterocycles. The number of aryl methyl sites for hydroxylation is 1. The maximum absolute atomic E-state index is 12.7. The molecular weight excluding hydrogens is 394 g/mol. The Morgan fingerprint density at radius 3 is 2.40 bits per heavy atom. The summed E-state index contributed by atoms with van der Waals surface area (Å²) < 4.78 is 0. The lowest BCUT2D eigenvalue weighted by atomic mass is 9.77. The fourth-order valence-corrected chi connectivity index (χ4v) is 4.32. The molecule has 0 aliphatic rings. The SMILES string of the molecule is Cc1cccc(Cl)c1CC(=O)CC[C@@H](C)c1cccc(C(C)(C)C)c1C[C@@H](N)CO. The molecule has 0 aliphatic carbocycles. The van der Waals surface area contributed by atoms with Crippen molar-refractivity contribution in [3.8, 4) is 0 Å². The van der Waals surface area contributed by atoms with E-state index in [-0.39, 0.29) is 29.8 Å². The van der Waals surface area contributed by atoms with E-state index in [0.717, 1.165) is 17.5 Å². The Morgan fingerprint density at radius 2 is 1.80 bits per heavy atom. The lowest BCUT2D eigenvalue weighted by Gasteiger charge is -2.28. The molecule has 3 N–H and O–H groups in total. The Bertz CT molecular complexity index is 850. The summed E-state index contributed by atoms with van der Waals surface area (Å²) in [6.45, 7) is 10.7. The minimum atomic E-state index is -0.288. The number of aliphatic hydroxyl groups excluding tert-OH is 1. The Labute approximate surface area is 186 Å². The zero-order chi connectivity index (χ0) is 22.5. The number of carbonyl (C=O) groups excluding carboxylic acids is 1. The second-order valence-corrected chi connectivity index (χ2v) is 9.87. The van der Waals surface area contributed by atoms with Gasteiger partial charge in [0.15, 0.2) is 0 Å². The van der Waals surface area contributed by atoms with Gasteiger partial charge in [0, 0.05) is 23.9 Å². The van der Waals surface area contributed by atoms with Gasteiger partial charge in [0.25, 0.3) is 0 Å². The van der Waals surface area contributed by atoms with Crippen molar-refractivity contribution in [2.24, 2.45) is 5.73 Å². The Balaban J connectivity index is 2.18. The van der Waals surface area contributed by atoms with Crippen molar-refractivity contribution < 1.29 is 9.90 Å². The van der Waals surface area contributed by atoms with Crippen molar-refractivity contribution in [1.82, 2.24) is 0 Å². The molecule has 0 radical (unpaired) electrons. The zero-order valence-electron chi connectivity index (χ0n) is 19.0. The Morgan fingerprint density at radius 1 is 1.13 bits per heavy atom. The van der Waals surface area contributed by atoms with Crippen LogP contribution in [-0.2, 0) is 23.1 Å². The van der Waals surface area contributed by atoms with E-state index in [9.17, 15) is 9.90 Å². The van der Waals surface area contributed by atoms with E-state index in [0.29, 0.717) is 24.3 Å². The molecule has 0 heterocycles. The predicted molar refractivity (Wildman–Crippen MR) is 126 cm³/mol. The third-order valence-electron chi connectivity index (χ3n) is 5.84. The van der Waals surface area contributed by atoms with Crippen LogP contribution in [0.25, 0.3) is 0 Å². The number of halogens is 1. The summed E-state index contributed by atoms with van der Waals surface area (Å²) in [6.07, 6.45) is 2.30. The molecule has 0 aromatic heterocycles. The molecule has 3 nitrogen and oxygen atoms in total. The molecule has 0 fully saturated rings. The molecule has 0 unspecified atom stereocenters. The van der Waals surface area contributed by atoms with E-state index < -0.39 is 0 Å². The summed E-state index contributed by atoms with van der Waals surface area (Å²) in [5, 5.41) is 10.2. The molecule has 0 spiro atoms. The molecule has 164 valence electrons. The number of hydrogen-bond donors (Lipinski definition) is 2. The molecule has 0 bridgehead atoms. The van der Waals surface area contributed by atoms with Crippen molar-refractivity contribution >= 4 is 17.4 Å². The normalized spacial score (nSPS) is 13.9. The lowest BCUT2D eigenvalue weighted by molar-refractivity contribution is -0.118. The van der Waals surface area contributed by atoms with Gasteiger partial charge < -0.3 is 10.8 Å². The number of benzene rings is 2. The second kappa shape index (κ2) is 10.6. The monoisotopic (exact) mass is 429 g/mol. The van der Waals surface area contributed by atoms with Gasteiger partial charge in [-0.2, -0.15) is 0 Å². The summed E-state index contributed by atoms with van der Waals surface area (Å²) in [7, 11) is 0. The molecule has 0 amide bonds. The van der Waals surface area contributed by atoms with Gasteiger partial charge in [0.05, 0.1) is 6.61 Å². The highest BCUT2D eigenvalue weighted by atomic mass is 35.5. The third kappa shape index (κ3) is 6.41. The molecular formula is C26H36ClNO2. The van der Waals surface area contributed by atoms with Crippen molar-refractivity contribution in [3.63, 3.8) is 0 Å². The zero-order valence-corrected chi connectivity index (χ0v) is 19.7. The average molecular weight is 430 g/mol. The van der Waals surface area contributed by atoms with Crippen LogP contribution in [0.1, 0.15) is 74.3 Å². The van der Waals surface area contributed by atoms with Crippen LogP contribution in [0, 0.1) is 6.92 Å². The molecule has 2 aromatic carbocycles. The molecule has 0 aliphatic heterocycles. The van der Waals surface area contributed by atoms with Gasteiger partial charge in [-0.25, -0.2) is 0 Å². The number of Topliss-reactive ketones (excluding diaryl/α,β-unsaturated/α-hetero) is 1. The smallest absolute Gasteiger partial charge is 0.137 e. The molecule has 4 heteroatoms. The minimum Gasteiger partial charge on any atom is -0.395 e. The highest BCUT2D eigenvalue weighted by Crippen LogP contribution is 2.34. The standard InChI is InChI=1S/C26H36ClNO2/c1-17-8-6-11-25(27)22(17)15-20(30)13-12-18(2)21-9-7-10-24(26(3,4)5)23(21)14-19(28)16-29/h6-11,18-19,29H,12-16,28H2,1-5H3/t18-,19-/m1/s1. The van der Waals surface area contributed by atoms with Crippen molar-refractivity contribution in [1.29, 1.82) is 0 Å². The van der Waals surface area contributed by atoms with Gasteiger partial charge in [-0.15, -0.1) is 0 Å². The van der Waals surface area contributed by atoms with Crippen LogP contribution >= 0.6 is 11.6 Å². The maximum atomic E-state index is 12.7. The van der Waals surface area contributed by atoms with E-state index in [2.05, 4.69) is 45.9 Å². The van der Waals surface area contributed by atoms with Gasteiger partial charge in [-0.1, -0.05) is 69.6 Å². The highest BCUT2D eigenvalue weighted by Gasteiger charge is 2.23. The average Bonchev–Trinajstić information content (AvgIpc) is 2.68. The molecule has 2 aromatic rings. The van der Waals surface area contributed by atoms with Gasteiger partial charge in [0.2, 0.25) is 0 Å². The summed E-state index contributed by atoms with van der Waals surface area (Å²) in [6, 6.07) is 11.8. The quantitative estimate of drug-likeness (QED) is 0.552. The van der Waals surface area contributed by atoms with E-state index in [1.54, 1.807) is 0 Å². The van der Waals surface area contributed by atoms with Crippen molar-refractivity contribution in [2.75, 3.05) is 6.61 Å². The summed E-state index contributed by atoms with van der Waals surface area (Å²) in [5.41, 5.74) is 11.8. The van der Waals surface area contributed by atoms with Crippen LogP contribution in [0.15, 0.2) is 36.4 Å². The summed E-state index contributed by atoms with van der Waals surface area (Å²) in [5.74, 6) is 0.433. The van der Waals surface area contributed by atoms with Gasteiger partial charge in [0.1, 0.15) is 5.78 Å².